The van der Waals surface area contributed by atoms with Crippen molar-refractivity contribution in [2.45, 2.75) is 95.9 Å². The highest BCUT2D eigenvalue weighted by molar-refractivity contribution is 6.87. The Morgan fingerprint density at radius 3 is 2.59 bits per heavy atom. The fraction of sp³-hybridized carbons (Fsp3) is 0.800. The molecule has 0 amide bonds. The smallest absolute Gasteiger partial charge is 0.137 e. The van der Waals surface area contributed by atoms with E-state index in [0.717, 1.165) is 38.5 Å². The van der Waals surface area contributed by atoms with Crippen molar-refractivity contribution in [3.63, 3.8) is 0 Å². The molecule has 0 radical (unpaired) electrons. The minimum Gasteiger partial charge on any atom is -0.385 e. The Morgan fingerprint density at radius 2 is 2.00 bits per heavy atom. The van der Waals surface area contributed by atoms with Gasteiger partial charge in [-0.2, -0.15) is 0 Å². The molecule has 0 aromatic heterocycles. The first kappa shape index (κ1) is 17.8. The summed E-state index contributed by atoms with van der Waals surface area (Å²) in [5.74, 6) is 3.85. The highest BCUT2D eigenvalue weighted by atomic mass is 28.3. The summed E-state index contributed by atoms with van der Waals surface area (Å²) in [7, 11) is -1.52. The predicted octanol–water partition coefficient (Wildman–Crippen LogP) is 5.46. The SMILES string of the molecule is CC(C)(C)[Si](C)(C)C#CC[C@@H]1CCC[C@@]1(O)C1=CCCCC1. The first-order valence-electron chi connectivity index (χ1n) is 9.09. The number of allylic oxidation sites excluding steroid dienone is 1. The zero-order chi connectivity index (χ0) is 16.4. The van der Waals surface area contributed by atoms with Crippen LogP contribution >= 0.6 is 0 Å². The lowest BCUT2D eigenvalue weighted by Gasteiger charge is -2.34. The average molecular weight is 319 g/mol. The van der Waals surface area contributed by atoms with Crippen LogP contribution in [-0.2, 0) is 0 Å². The summed E-state index contributed by atoms with van der Waals surface area (Å²) < 4.78 is 0. The van der Waals surface area contributed by atoms with Gasteiger partial charge in [-0.3, -0.25) is 0 Å². The second-order valence-electron chi connectivity index (χ2n) is 8.87. The lowest BCUT2D eigenvalue weighted by Crippen LogP contribution is -2.37. The predicted molar refractivity (Wildman–Crippen MR) is 98.4 cm³/mol. The van der Waals surface area contributed by atoms with E-state index < -0.39 is 13.7 Å². The van der Waals surface area contributed by atoms with Gasteiger partial charge in [-0.15, -0.1) is 11.5 Å². The van der Waals surface area contributed by atoms with E-state index in [-0.39, 0.29) is 0 Å². The molecule has 2 heteroatoms. The Morgan fingerprint density at radius 1 is 1.27 bits per heavy atom. The van der Waals surface area contributed by atoms with Crippen LogP contribution in [0.1, 0.15) is 72.1 Å². The van der Waals surface area contributed by atoms with E-state index >= 15 is 0 Å². The third-order valence-corrected chi connectivity index (χ3v) is 10.8. The summed E-state index contributed by atoms with van der Waals surface area (Å²) >= 11 is 0. The Bertz CT molecular complexity index is 486. The molecular weight excluding hydrogens is 284 g/mol. The van der Waals surface area contributed by atoms with Crippen LogP contribution in [0.3, 0.4) is 0 Å². The molecule has 0 unspecified atom stereocenters. The van der Waals surface area contributed by atoms with E-state index in [1.54, 1.807) is 0 Å². The minimum atomic E-state index is -1.52. The van der Waals surface area contributed by atoms with E-state index in [4.69, 9.17) is 0 Å². The number of hydrogen-bond donors (Lipinski definition) is 1. The molecule has 2 aliphatic rings. The van der Waals surface area contributed by atoms with Gasteiger partial charge in [0, 0.05) is 12.3 Å². The topological polar surface area (TPSA) is 20.2 Å². The van der Waals surface area contributed by atoms with Crippen LogP contribution in [0.15, 0.2) is 11.6 Å². The fourth-order valence-corrected chi connectivity index (χ4v) is 4.49. The Labute approximate surface area is 138 Å². The number of rotatable bonds is 2. The molecule has 0 spiro atoms. The highest BCUT2D eigenvalue weighted by Gasteiger charge is 2.43. The Kier molecular flexibility index (Phi) is 5.29. The van der Waals surface area contributed by atoms with Crippen molar-refractivity contribution in [3.05, 3.63) is 11.6 Å². The molecule has 0 aromatic rings. The molecule has 0 aromatic carbocycles. The normalized spacial score (nSPS) is 29.7. The van der Waals surface area contributed by atoms with E-state index in [2.05, 4.69) is 51.4 Å². The summed E-state index contributed by atoms with van der Waals surface area (Å²) in [6.45, 7) is 11.7. The molecule has 0 aliphatic heterocycles. The van der Waals surface area contributed by atoms with Gasteiger partial charge in [0.05, 0.1) is 5.60 Å². The summed E-state index contributed by atoms with van der Waals surface area (Å²) in [6.07, 6.45) is 11.2. The molecule has 1 nitrogen and oxygen atoms in total. The van der Waals surface area contributed by atoms with E-state index in [1.807, 2.05) is 0 Å². The quantitative estimate of drug-likeness (QED) is 0.407. The van der Waals surface area contributed by atoms with Crippen molar-refractivity contribution in [3.8, 4) is 11.5 Å². The van der Waals surface area contributed by atoms with Crippen molar-refractivity contribution >= 4 is 8.07 Å². The third kappa shape index (κ3) is 3.69. The van der Waals surface area contributed by atoms with Gasteiger partial charge in [-0.05, 0) is 55.6 Å². The molecule has 124 valence electrons. The molecule has 1 N–H and O–H groups in total. The lowest BCUT2D eigenvalue weighted by atomic mass is 9.77. The van der Waals surface area contributed by atoms with Gasteiger partial charge in [0.2, 0.25) is 0 Å². The molecule has 0 bridgehead atoms. The van der Waals surface area contributed by atoms with E-state index in [1.165, 1.54) is 18.4 Å². The Balaban J connectivity index is 2.08. The van der Waals surface area contributed by atoms with Crippen LogP contribution in [-0.4, -0.2) is 18.8 Å². The van der Waals surface area contributed by atoms with Gasteiger partial charge >= 0.3 is 0 Å². The summed E-state index contributed by atoms with van der Waals surface area (Å²) in [6, 6.07) is 0. The monoisotopic (exact) mass is 318 g/mol. The maximum absolute atomic E-state index is 11.2. The van der Waals surface area contributed by atoms with Crippen molar-refractivity contribution in [2.75, 3.05) is 0 Å². The van der Waals surface area contributed by atoms with E-state index in [9.17, 15) is 5.11 Å². The maximum atomic E-state index is 11.2. The van der Waals surface area contributed by atoms with Gasteiger partial charge < -0.3 is 5.11 Å². The van der Waals surface area contributed by atoms with Crippen molar-refractivity contribution in [1.82, 2.24) is 0 Å². The second-order valence-corrected chi connectivity index (χ2v) is 13.9. The van der Waals surface area contributed by atoms with Crippen LogP contribution < -0.4 is 0 Å². The zero-order valence-corrected chi connectivity index (χ0v) is 16.3. The molecule has 1 saturated carbocycles. The van der Waals surface area contributed by atoms with Crippen molar-refractivity contribution < 1.29 is 5.11 Å². The van der Waals surface area contributed by atoms with Gasteiger partial charge in [0.1, 0.15) is 8.07 Å². The lowest BCUT2D eigenvalue weighted by molar-refractivity contribution is 0.0361. The molecular formula is C20H34OSi. The van der Waals surface area contributed by atoms with Crippen LogP contribution in [0, 0.1) is 17.4 Å². The molecule has 1 fully saturated rings. The third-order valence-electron chi connectivity index (χ3n) is 6.26. The summed E-state index contributed by atoms with van der Waals surface area (Å²) in [5.41, 5.74) is 4.41. The second kappa shape index (κ2) is 6.54. The maximum Gasteiger partial charge on any atom is 0.137 e. The largest absolute Gasteiger partial charge is 0.385 e. The van der Waals surface area contributed by atoms with Gasteiger partial charge in [0.15, 0.2) is 0 Å². The van der Waals surface area contributed by atoms with Gasteiger partial charge in [-0.25, -0.2) is 0 Å². The standard InChI is InChI=1S/C20H34OSi/c1-19(2,3)22(4,5)16-10-14-18-13-9-15-20(18,21)17-11-7-6-8-12-17/h11,18,21H,6-9,12-15H2,1-5H3/t18-,20+/m0/s1. The molecule has 2 atom stereocenters. The van der Waals surface area contributed by atoms with Crippen LogP contribution in [0.5, 0.6) is 0 Å². The average Bonchev–Trinajstić information content (AvgIpc) is 2.81. The van der Waals surface area contributed by atoms with Gasteiger partial charge in [-0.1, -0.05) is 39.9 Å². The Hall–Kier alpha value is -0.523. The van der Waals surface area contributed by atoms with E-state index in [0.29, 0.717) is 11.0 Å². The summed E-state index contributed by atoms with van der Waals surface area (Å²) in [4.78, 5) is 0. The summed E-state index contributed by atoms with van der Waals surface area (Å²) in [5, 5.41) is 11.6. The van der Waals surface area contributed by atoms with Crippen molar-refractivity contribution in [2.24, 2.45) is 5.92 Å². The van der Waals surface area contributed by atoms with Crippen molar-refractivity contribution in [1.29, 1.82) is 0 Å². The minimum absolute atomic E-state index is 0.317. The molecule has 2 aliphatic carbocycles. The van der Waals surface area contributed by atoms with Gasteiger partial charge in [0.25, 0.3) is 0 Å². The fourth-order valence-electron chi connectivity index (χ4n) is 3.57. The number of hydrogen-bond acceptors (Lipinski definition) is 1. The number of aliphatic hydroxyl groups is 1. The van der Waals surface area contributed by atoms with Crippen LogP contribution in [0.25, 0.3) is 0 Å². The zero-order valence-electron chi connectivity index (χ0n) is 15.3. The highest BCUT2D eigenvalue weighted by Crippen LogP contribution is 2.45. The molecule has 22 heavy (non-hydrogen) atoms. The molecule has 0 saturated heterocycles. The first-order valence-corrected chi connectivity index (χ1v) is 12.1. The van der Waals surface area contributed by atoms with Crippen LogP contribution in [0.2, 0.25) is 18.1 Å². The molecule has 2 rings (SSSR count). The van der Waals surface area contributed by atoms with Crippen LogP contribution in [0.4, 0.5) is 0 Å². The first-order chi connectivity index (χ1) is 10.2. The molecule has 0 heterocycles.